The summed E-state index contributed by atoms with van der Waals surface area (Å²) in [7, 11) is 1.42. The summed E-state index contributed by atoms with van der Waals surface area (Å²) in [5, 5.41) is 11.4. The van der Waals surface area contributed by atoms with Crippen molar-refractivity contribution in [2.75, 3.05) is 7.05 Å². The van der Waals surface area contributed by atoms with Crippen molar-refractivity contribution in [3.8, 4) is 0 Å². The van der Waals surface area contributed by atoms with Gasteiger partial charge in [-0.1, -0.05) is 18.2 Å². The number of aromatic nitrogens is 1. The first-order valence-electron chi connectivity index (χ1n) is 4.52. The van der Waals surface area contributed by atoms with E-state index >= 15 is 0 Å². The fourth-order valence-electron chi connectivity index (χ4n) is 1.38. The molecule has 76 valence electrons. The second-order valence-electron chi connectivity index (χ2n) is 3.05. The van der Waals surface area contributed by atoms with Crippen molar-refractivity contribution in [1.82, 2.24) is 4.98 Å². The molecule has 0 atom stereocenters. The molecule has 0 radical (unpaired) electrons. The maximum atomic E-state index is 11.4. The van der Waals surface area contributed by atoms with Crippen molar-refractivity contribution in [1.29, 1.82) is 0 Å². The third-order valence-corrected chi connectivity index (χ3v) is 2.00. The van der Waals surface area contributed by atoms with Gasteiger partial charge < -0.3 is 9.62 Å². The Labute approximate surface area is 87.1 Å². The monoisotopic (exact) mass is 202 g/mol. The summed E-state index contributed by atoms with van der Waals surface area (Å²) in [5.41, 5.74) is 1.22. The molecular weight excluding hydrogens is 192 g/mol. The summed E-state index contributed by atoms with van der Waals surface area (Å²) >= 11 is 0. The molecule has 4 heteroatoms. The number of hydrogen-bond acceptors (Lipinski definition) is 3. The van der Waals surface area contributed by atoms with Gasteiger partial charge in [0.25, 0.3) is 11.6 Å². The van der Waals surface area contributed by atoms with Crippen LogP contribution >= 0.6 is 0 Å². The average molecular weight is 202 g/mol. The van der Waals surface area contributed by atoms with E-state index in [4.69, 9.17) is 4.42 Å². The summed E-state index contributed by atoms with van der Waals surface area (Å²) in [5.74, 6) is 0.332. The van der Waals surface area contributed by atoms with Crippen LogP contribution in [0.5, 0.6) is 0 Å². The molecular formula is C11H10N2O2. The van der Waals surface area contributed by atoms with Crippen LogP contribution in [0.4, 0.5) is 0 Å². The van der Waals surface area contributed by atoms with Gasteiger partial charge in [-0.15, -0.1) is 0 Å². The molecule has 0 N–H and O–H groups in total. The lowest BCUT2D eigenvalue weighted by Crippen LogP contribution is -2.15. The van der Waals surface area contributed by atoms with Crippen LogP contribution < -0.4 is 0 Å². The lowest BCUT2D eigenvalue weighted by atomic mass is 10.1. The van der Waals surface area contributed by atoms with Crippen LogP contribution in [0.1, 0.15) is 11.5 Å². The normalized spacial score (nSPS) is 12.3. The molecule has 4 nitrogen and oxygen atoms in total. The van der Waals surface area contributed by atoms with Gasteiger partial charge in [-0.25, -0.2) is 9.72 Å². The first-order chi connectivity index (χ1) is 7.29. The van der Waals surface area contributed by atoms with Crippen molar-refractivity contribution in [3.63, 3.8) is 0 Å². The first kappa shape index (κ1) is 9.45. The number of rotatable bonds is 2. The van der Waals surface area contributed by atoms with Crippen molar-refractivity contribution in [2.24, 2.45) is 0 Å². The summed E-state index contributed by atoms with van der Waals surface area (Å²) < 4.78 is 5.87. The number of hydroxylamine groups is 1. The lowest BCUT2D eigenvalue weighted by molar-refractivity contribution is -0.422. The summed E-state index contributed by atoms with van der Waals surface area (Å²) in [6.45, 7) is 0. The Morgan fingerprint density at radius 3 is 2.60 bits per heavy atom. The van der Waals surface area contributed by atoms with Crippen molar-refractivity contribution >= 4 is 5.71 Å². The van der Waals surface area contributed by atoms with E-state index in [1.807, 2.05) is 30.3 Å². The van der Waals surface area contributed by atoms with Crippen LogP contribution in [-0.4, -0.2) is 22.5 Å². The van der Waals surface area contributed by atoms with Gasteiger partial charge >= 0.3 is 0 Å². The second kappa shape index (κ2) is 3.96. The van der Waals surface area contributed by atoms with Gasteiger partial charge in [-0.05, 0) is 12.1 Å². The summed E-state index contributed by atoms with van der Waals surface area (Å²) in [6.07, 6.45) is 2.96. The Balaban J connectivity index is 2.53. The fraction of sp³-hybridized carbons (Fsp3) is 0.0909. The number of benzene rings is 1. The zero-order valence-corrected chi connectivity index (χ0v) is 8.25. The highest BCUT2D eigenvalue weighted by molar-refractivity contribution is 6.06. The van der Waals surface area contributed by atoms with Crippen LogP contribution in [0.25, 0.3) is 0 Å². The molecule has 2 rings (SSSR count). The fourth-order valence-corrected chi connectivity index (χ4v) is 1.38. The van der Waals surface area contributed by atoms with Gasteiger partial charge in [-0.3, -0.25) is 0 Å². The Bertz CT molecular complexity index is 457. The van der Waals surface area contributed by atoms with Gasteiger partial charge in [0.1, 0.15) is 13.3 Å². The van der Waals surface area contributed by atoms with E-state index in [-0.39, 0.29) is 0 Å². The highest BCUT2D eigenvalue weighted by Crippen LogP contribution is 2.08. The Hall–Kier alpha value is -2.10. The molecule has 0 fully saturated rings. The number of nitrogens with zero attached hydrogens (tertiary/aromatic N) is 2. The third kappa shape index (κ3) is 1.88. The average Bonchev–Trinajstić information content (AvgIpc) is 2.72. The SMILES string of the molecule is C[N+]([O-])=C(c1ccccc1)c1ncco1. The van der Waals surface area contributed by atoms with Crippen LogP contribution in [0.15, 0.2) is 47.2 Å². The molecule has 15 heavy (non-hydrogen) atoms. The molecule has 0 aliphatic heterocycles. The van der Waals surface area contributed by atoms with Gasteiger partial charge in [0.2, 0.25) is 0 Å². The maximum absolute atomic E-state index is 11.4. The minimum Gasteiger partial charge on any atom is -0.623 e. The number of hydrogen-bond donors (Lipinski definition) is 0. The molecule has 0 unspecified atom stereocenters. The minimum absolute atomic E-state index is 0.332. The molecule has 0 aliphatic rings. The molecule has 0 saturated heterocycles. The van der Waals surface area contributed by atoms with Crippen LogP contribution in [0, 0.1) is 5.21 Å². The highest BCUT2D eigenvalue weighted by atomic mass is 16.5. The minimum atomic E-state index is 0.332. The summed E-state index contributed by atoms with van der Waals surface area (Å²) in [4.78, 5) is 3.97. The van der Waals surface area contributed by atoms with E-state index in [0.717, 1.165) is 10.3 Å². The smallest absolute Gasteiger partial charge is 0.294 e. The van der Waals surface area contributed by atoms with Crippen LogP contribution in [0.2, 0.25) is 0 Å². The van der Waals surface area contributed by atoms with Gasteiger partial charge in [0, 0.05) is 0 Å². The predicted molar refractivity (Wildman–Crippen MR) is 55.7 cm³/mol. The molecule has 0 amide bonds. The molecule has 0 aliphatic carbocycles. The molecule has 0 spiro atoms. The molecule has 1 aromatic heterocycles. The molecule has 2 aromatic rings. The Kier molecular flexibility index (Phi) is 2.49. The van der Waals surface area contributed by atoms with E-state index in [1.54, 1.807) is 0 Å². The van der Waals surface area contributed by atoms with Gasteiger partial charge in [0.15, 0.2) is 0 Å². The van der Waals surface area contributed by atoms with E-state index < -0.39 is 0 Å². The maximum Gasteiger partial charge on any atom is 0.294 e. The predicted octanol–water partition coefficient (Wildman–Crippen LogP) is 1.65. The zero-order valence-electron chi connectivity index (χ0n) is 8.25. The van der Waals surface area contributed by atoms with Crippen LogP contribution in [-0.2, 0) is 0 Å². The van der Waals surface area contributed by atoms with E-state index in [0.29, 0.717) is 11.6 Å². The molecule has 0 bridgehead atoms. The van der Waals surface area contributed by atoms with E-state index in [2.05, 4.69) is 4.98 Å². The van der Waals surface area contributed by atoms with Crippen molar-refractivity contribution in [3.05, 3.63) is 59.5 Å². The van der Waals surface area contributed by atoms with Gasteiger partial charge in [0.05, 0.1) is 11.8 Å². The quantitative estimate of drug-likeness (QED) is 0.322. The van der Waals surface area contributed by atoms with Crippen molar-refractivity contribution < 1.29 is 9.16 Å². The molecule has 1 heterocycles. The molecule has 1 aromatic carbocycles. The second-order valence-corrected chi connectivity index (χ2v) is 3.05. The number of oxazole rings is 1. The first-order valence-corrected chi connectivity index (χ1v) is 4.52. The zero-order chi connectivity index (χ0) is 10.7. The van der Waals surface area contributed by atoms with Crippen LogP contribution in [0.3, 0.4) is 0 Å². The highest BCUT2D eigenvalue weighted by Gasteiger charge is 2.18. The summed E-state index contributed by atoms with van der Waals surface area (Å²) in [6, 6.07) is 9.30. The third-order valence-electron chi connectivity index (χ3n) is 2.00. The van der Waals surface area contributed by atoms with E-state index in [9.17, 15) is 5.21 Å². The largest absolute Gasteiger partial charge is 0.623 e. The lowest BCUT2D eigenvalue weighted by Gasteiger charge is -2.03. The Morgan fingerprint density at radius 2 is 2.07 bits per heavy atom. The van der Waals surface area contributed by atoms with Gasteiger partial charge in [-0.2, -0.15) is 0 Å². The van der Waals surface area contributed by atoms with Crippen molar-refractivity contribution in [2.45, 2.75) is 0 Å². The molecule has 0 saturated carbocycles. The topological polar surface area (TPSA) is 52.1 Å². The van der Waals surface area contributed by atoms with E-state index in [1.165, 1.54) is 19.5 Å². The standard InChI is InChI=1S/C11H10N2O2/c1-13(14)10(11-12-7-8-15-11)9-5-3-2-4-6-9/h2-8H,1H3. The Morgan fingerprint density at radius 1 is 1.33 bits per heavy atom.